The first kappa shape index (κ1) is 34.3. The van der Waals surface area contributed by atoms with Crippen LogP contribution in [0.1, 0.15) is 42.5 Å². The van der Waals surface area contributed by atoms with Crippen molar-refractivity contribution in [3.8, 4) is 0 Å². The first-order chi connectivity index (χ1) is 23.1. The van der Waals surface area contributed by atoms with Crippen LogP contribution in [0.2, 0.25) is 0 Å². The van der Waals surface area contributed by atoms with E-state index in [2.05, 4.69) is 76.5 Å². The molecule has 2 aliphatic heterocycles. The van der Waals surface area contributed by atoms with Crippen LogP contribution in [0.5, 0.6) is 0 Å². The van der Waals surface area contributed by atoms with Crippen LogP contribution in [0.15, 0.2) is 101 Å². The molecule has 0 spiro atoms. The van der Waals surface area contributed by atoms with Gasteiger partial charge in [0.2, 0.25) is 5.91 Å². The molecular weight excluding hydrogens is 596 g/mol. The van der Waals surface area contributed by atoms with E-state index in [0.29, 0.717) is 49.2 Å². The number of benzene rings is 3. The van der Waals surface area contributed by atoms with Crippen LogP contribution in [-0.4, -0.2) is 73.7 Å². The summed E-state index contributed by atoms with van der Waals surface area (Å²) in [4.78, 5) is 28.0. The number of nitrogens with one attached hydrogen (secondary N) is 2. The molecule has 2 fully saturated rings. The van der Waals surface area contributed by atoms with Crippen molar-refractivity contribution in [1.29, 1.82) is 5.41 Å². The van der Waals surface area contributed by atoms with Crippen LogP contribution in [0.25, 0.3) is 0 Å². The fourth-order valence-electron chi connectivity index (χ4n) is 6.57. The van der Waals surface area contributed by atoms with Crippen LogP contribution >= 0.6 is 0 Å². The van der Waals surface area contributed by atoms with Crippen LogP contribution in [0.4, 0.5) is 17.1 Å². The average Bonchev–Trinajstić information content (AvgIpc) is 3.75. The normalized spacial score (nSPS) is 18.3. The lowest BCUT2D eigenvalue weighted by Gasteiger charge is -2.36. The summed E-state index contributed by atoms with van der Waals surface area (Å²) in [5.74, 6) is 0.467. The first-order valence-electron chi connectivity index (χ1n) is 16.6. The lowest BCUT2D eigenvalue weighted by atomic mass is 9.74. The van der Waals surface area contributed by atoms with E-state index >= 15 is 0 Å². The number of aryl methyl sites for hydroxylation is 1. The van der Waals surface area contributed by atoms with Crippen molar-refractivity contribution in [1.82, 2.24) is 9.80 Å². The van der Waals surface area contributed by atoms with Gasteiger partial charge in [-0.3, -0.25) is 25.1 Å². The summed E-state index contributed by atoms with van der Waals surface area (Å²) < 4.78 is 0. The quantitative estimate of drug-likeness (QED) is 0.148. The van der Waals surface area contributed by atoms with Crippen molar-refractivity contribution in [2.75, 3.05) is 55.3 Å². The number of aliphatic imine (C=N–C) groups is 2. The minimum absolute atomic E-state index is 0.154. The Bertz CT molecular complexity index is 1690. The zero-order valence-electron chi connectivity index (χ0n) is 28.5. The smallest absolute Gasteiger partial charge is 0.238 e. The van der Waals surface area contributed by atoms with E-state index in [9.17, 15) is 4.79 Å². The van der Waals surface area contributed by atoms with Gasteiger partial charge in [0.25, 0.3) is 0 Å². The second kappa shape index (κ2) is 15.3. The number of amides is 1. The number of carbonyl (C=O) groups excluding carboxylic acids is 1. The number of nitrogens with two attached hydrogens (primary N) is 1. The van der Waals surface area contributed by atoms with Crippen molar-refractivity contribution in [3.63, 3.8) is 0 Å². The fraction of sp³-hybridized carbons (Fsp3) is 0.333. The van der Waals surface area contributed by atoms with E-state index in [4.69, 9.17) is 11.1 Å². The third-order valence-electron chi connectivity index (χ3n) is 9.70. The summed E-state index contributed by atoms with van der Waals surface area (Å²) in [6, 6.07) is 22.0. The topological polar surface area (TPSA) is 113 Å². The van der Waals surface area contributed by atoms with E-state index in [0.717, 1.165) is 59.8 Å². The first-order valence-corrected chi connectivity index (χ1v) is 16.6. The number of nitrogens with zero attached hydrogens (tertiary/aromatic N) is 5. The molecule has 0 aliphatic carbocycles. The summed E-state index contributed by atoms with van der Waals surface area (Å²) in [7, 11) is 0. The molecule has 0 aromatic heterocycles. The van der Waals surface area contributed by atoms with Crippen molar-refractivity contribution in [3.05, 3.63) is 114 Å². The van der Waals surface area contributed by atoms with Crippen molar-refractivity contribution in [2.24, 2.45) is 21.3 Å². The van der Waals surface area contributed by atoms with Crippen LogP contribution in [0, 0.1) is 23.7 Å². The van der Waals surface area contributed by atoms with Crippen molar-refractivity contribution in [2.45, 2.75) is 33.7 Å². The molecule has 9 nitrogen and oxygen atoms in total. The largest absolute Gasteiger partial charge is 0.398 e. The zero-order valence-corrected chi connectivity index (χ0v) is 28.5. The number of rotatable bonds is 13. The van der Waals surface area contributed by atoms with Crippen molar-refractivity contribution < 1.29 is 4.79 Å². The Morgan fingerprint density at radius 2 is 1.83 bits per heavy atom. The summed E-state index contributed by atoms with van der Waals surface area (Å²) >= 11 is 0. The summed E-state index contributed by atoms with van der Waals surface area (Å²) in [6.07, 6.45) is 6.00. The molecule has 2 aliphatic rings. The summed E-state index contributed by atoms with van der Waals surface area (Å²) in [5.41, 5.74) is 13.8. The molecule has 2 heterocycles. The average molecular weight is 645 g/mol. The van der Waals surface area contributed by atoms with Gasteiger partial charge in [0.15, 0.2) is 0 Å². The van der Waals surface area contributed by atoms with E-state index < -0.39 is 0 Å². The minimum Gasteiger partial charge on any atom is -0.398 e. The molecule has 1 unspecified atom stereocenters. The van der Waals surface area contributed by atoms with Crippen LogP contribution in [0.3, 0.4) is 0 Å². The third-order valence-corrected chi connectivity index (χ3v) is 9.70. The molecule has 250 valence electrons. The predicted octanol–water partition coefficient (Wildman–Crippen LogP) is 6.36. The molecule has 5 rings (SSSR count). The number of hydrogen-bond acceptors (Lipinski definition) is 8. The Balaban J connectivity index is 1.17. The molecule has 0 radical (unpaired) electrons. The van der Waals surface area contributed by atoms with Gasteiger partial charge >= 0.3 is 0 Å². The number of anilines is 3. The molecule has 3 aromatic carbocycles. The maximum atomic E-state index is 13.5. The third kappa shape index (κ3) is 7.91. The van der Waals surface area contributed by atoms with Gasteiger partial charge in [0.1, 0.15) is 0 Å². The molecule has 48 heavy (non-hydrogen) atoms. The lowest BCUT2D eigenvalue weighted by Crippen LogP contribution is -2.41. The van der Waals surface area contributed by atoms with E-state index in [1.165, 1.54) is 0 Å². The SMILES string of the molecule is C=N/C=C\C=NCc1ccc(N2CCN(C(=O)CN3CCC(C(=C)Nc4ccc(N)c(C(=N)c5ccc(C)cc5)c4)(C(C)C)C3)C2)cc1. The Morgan fingerprint density at radius 3 is 2.54 bits per heavy atom. The number of hydrogen-bond donors (Lipinski definition) is 3. The second-order valence-electron chi connectivity index (χ2n) is 13.2. The minimum atomic E-state index is -0.200. The monoisotopic (exact) mass is 644 g/mol. The molecule has 2 saturated heterocycles. The van der Waals surface area contributed by atoms with Gasteiger partial charge in [0.05, 0.1) is 25.5 Å². The van der Waals surface area contributed by atoms with Crippen molar-refractivity contribution >= 4 is 41.6 Å². The molecule has 1 amide bonds. The molecule has 3 aromatic rings. The molecule has 0 bridgehead atoms. The zero-order chi connectivity index (χ0) is 34.3. The van der Waals surface area contributed by atoms with Gasteiger partial charge in [-0.2, -0.15) is 0 Å². The predicted molar refractivity (Wildman–Crippen MR) is 200 cm³/mol. The molecule has 1 atom stereocenters. The highest BCUT2D eigenvalue weighted by Gasteiger charge is 2.44. The lowest BCUT2D eigenvalue weighted by molar-refractivity contribution is -0.131. The molecule has 9 heteroatoms. The standard InChI is InChI=1S/C39H48N8O/c1-28(2)39(30(4)44-33-13-16-36(40)35(23-33)38(41)32-11-7-29(3)8-12-32)17-20-45(26-39)25-37(48)47-22-21-46(27-47)34-14-9-31(10-15-34)24-43-19-6-18-42-5/h6-16,18-19,23,28,41,44H,4-5,17,20-22,24-27,40H2,1-3H3/b18-6-,41-38?,43-19?. The fourth-order valence-corrected chi connectivity index (χ4v) is 6.57. The highest BCUT2D eigenvalue weighted by Crippen LogP contribution is 2.44. The summed E-state index contributed by atoms with van der Waals surface area (Å²) in [6.45, 7) is 19.1. The van der Waals surface area contributed by atoms with Gasteiger partial charge in [0, 0.05) is 71.3 Å². The second-order valence-corrected chi connectivity index (χ2v) is 13.2. The van der Waals surface area contributed by atoms with E-state index in [1.807, 2.05) is 54.3 Å². The Morgan fingerprint density at radius 1 is 1.08 bits per heavy atom. The Hall–Kier alpha value is -5.02. The van der Waals surface area contributed by atoms with Gasteiger partial charge in [-0.05, 0) is 74.5 Å². The van der Waals surface area contributed by atoms with Gasteiger partial charge in [-0.1, -0.05) is 62.4 Å². The number of likely N-dealkylation sites (tertiary alicyclic amines) is 1. The highest BCUT2D eigenvalue weighted by atomic mass is 16.2. The van der Waals surface area contributed by atoms with E-state index in [1.54, 1.807) is 18.5 Å². The van der Waals surface area contributed by atoms with Gasteiger partial charge < -0.3 is 20.9 Å². The summed E-state index contributed by atoms with van der Waals surface area (Å²) in [5, 5.41) is 12.4. The molecule has 0 saturated carbocycles. The molecular formula is C39H48N8O. The maximum Gasteiger partial charge on any atom is 0.238 e. The number of carbonyl (C=O) groups is 1. The van der Waals surface area contributed by atoms with Gasteiger partial charge in [-0.15, -0.1) is 0 Å². The van der Waals surface area contributed by atoms with Crippen LogP contribution in [-0.2, 0) is 11.3 Å². The Kier molecular flexibility index (Phi) is 10.9. The Labute approximate surface area is 285 Å². The highest BCUT2D eigenvalue weighted by molar-refractivity contribution is 6.14. The number of nitrogen functional groups attached to an aromatic ring is 1. The molecule has 4 N–H and O–H groups in total. The van der Waals surface area contributed by atoms with Gasteiger partial charge in [-0.25, -0.2) is 0 Å². The van der Waals surface area contributed by atoms with Crippen LogP contribution < -0.4 is 16.0 Å². The van der Waals surface area contributed by atoms with E-state index in [-0.39, 0.29) is 11.3 Å². The number of allylic oxidation sites excluding steroid dienone is 1. The maximum absolute atomic E-state index is 13.5.